The number of hydrogen-bond acceptors (Lipinski definition) is 3. The van der Waals surface area contributed by atoms with Crippen molar-refractivity contribution in [2.45, 2.75) is 46.2 Å². The molecule has 0 aliphatic heterocycles. The molecule has 3 nitrogen and oxygen atoms in total. The summed E-state index contributed by atoms with van der Waals surface area (Å²) in [5, 5.41) is 3.63. The monoisotopic (exact) mass is 259 g/mol. The fourth-order valence-electron chi connectivity index (χ4n) is 3.00. The van der Waals surface area contributed by atoms with E-state index in [1.54, 1.807) is 12.5 Å². The topological polar surface area (TPSA) is 38.3 Å². The Morgan fingerprint density at radius 3 is 3.00 bits per heavy atom. The van der Waals surface area contributed by atoms with E-state index in [0.29, 0.717) is 6.04 Å². The highest BCUT2D eigenvalue weighted by atomic mass is 16.3. The third kappa shape index (κ3) is 2.61. The molecule has 0 bridgehead atoms. The summed E-state index contributed by atoms with van der Waals surface area (Å²) in [5.74, 6) is 2.16. The van der Waals surface area contributed by atoms with Gasteiger partial charge in [0.15, 0.2) is 0 Å². The molecule has 0 spiro atoms. The Morgan fingerprint density at radius 1 is 1.42 bits per heavy atom. The highest BCUT2D eigenvalue weighted by molar-refractivity contribution is 5.29. The van der Waals surface area contributed by atoms with Crippen LogP contribution in [0.3, 0.4) is 0 Å². The average molecular weight is 259 g/mol. The second-order valence-electron chi connectivity index (χ2n) is 6.35. The summed E-state index contributed by atoms with van der Waals surface area (Å²) in [6.07, 6.45) is 5.68. The number of fused-ring (bicyclic) bond motifs is 1. The Bertz CT molecular complexity index is 551. The van der Waals surface area contributed by atoms with Gasteiger partial charge in [0.2, 0.25) is 0 Å². The van der Waals surface area contributed by atoms with Gasteiger partial charge in [-0.15, -0.1) is 0 Å². The standard InChI is InChI=1S/C16H21NO2/c1-11-6-13-14(17-9-12-4-5-18-10-12)7-16(2,3)8-15(13)19-11/h4-6,10,14,17H,7-9H2,1-3H3. The lowest BCUT2D eigenvalue weighted by atomic mass is 9.74. The van der Waals surface area contributed by atoms with Crippen molar-refractivity contribution in [2.75, 3.05) is 0 Å². The zero-order valence-electron chi connectivity index (χ0n) is 11.8. The molecule has 2 heterocycles. The molecule has 3 heteroatoms. The summed E-state index contributed by atoms with van der Waals surface area (Å²) in [5.41, 5.74) is 2.80. The van der Waals surface area contributed by atoms with Crippen molar-refractivity contribution >= 4 is 0 Å². The van der Waals surface area contributed by atoms with Gasteiger partial charge in [0.1, 0.15) is 11.5 Å². The van der Waals surface area contributed by atoms with Crippen LogP contribution in [0.25, 0.3) is 0 Å². The van der Waals surface area contributed by atoms with Crippen LogP contribution in [0.2, 0.25) is 0 Å². The van der Waals surface area contributed by atoms with Gasteiger partial charge in [-0.2, -0.15) is 0 Å². The molecule has 0 fully saturated rings. The van der Waals surface area contributed by atoms with Crippen LogP contribution < -0.4 is 5.32 Å². The summed E-state index contributed by atoms with van der Waals surface area (Å²) < 4.78 is 11.0. The molecule has 3 rings (SSSR count). The van der Waals surface area contributed by atoms with Gasteiger partial charge in [-0.05, 0) is 30.9 Å². The predicted molar refractivity (Wildman–Crippen MR) is 73.8 cm³/mol. The lowest BCUT2D eigenvalue weighted by Crippen LogP contribution is -2.32. The summed E-state index contributed by atoms with van der Waals surface area (Å²) in [4.78, 5) is 0. The SMILES string of the molecule is Cc1cc2c(o1)CC(C)(C)CC2NCc1ccoc1. The van der Waals surface area contributed by atoms with Crippen molar-refractivity contribution in [3.05, 3.63) is 47.3 Å². The first-order valence-electron chi connectivity index (χ1n) is 6.87. The van der Waals surface area contributed by atoms with Gasteiger partial charge in [0.25, 0.3) is 0 Å². The smallest absolute Gasteiger partial charge is 0.109 e. The van der Waals surface area contributed by atoms with E-state index in [-0.39, 0.29) is 5.41 Å². The summed E-state index contributed by atoms with van der Waals surface area (Å²) in [6.45, 7) is 7.47. The Balaban J connectivity index is 1.80. The van der Waals surface area contributed by atoms with Crippen molar-refractivity contribution in [3.63, 3.8) is 0 Å². The van der Waals surface area contributed by atoms with E-state index in [0.717, 1.165) is 30.9 Å². The third-order valence-corrected chi connectivity index (χ3v) is 3.87. The van der Waals surface area contributed by atoms with Gasteiger partial charge in [0.05, 0.1) is 12.5 Å². The van der Waals surface area contributed by atoms with Crippen LogP contribution in [0.15, 0.2) is 33.5 Å². The number of aryl methyl sites for hydroxylation is 1. The van der Waals surface area contributed by atoms with Crippen LogP contribution in [-0.4, -0.2) is 0 Å². The minimum atomic E-state index is 0.283. The zero-order valence-corrected chi connectivity index (χ0v) is 11.8. The number of rotatable bonds is 3. The van der Waals surface area contributed by atoms with Gasteiger partial charge < -0.3 is 14.2 Å². The molecule has 1 aliphatic carbocycles. The predicted octanol–water partition coefficient (Wildman–Crippen LogP) is 3.98. The van der Waals surface area contributed by atoms with Crippen molar-refractivity contribution in [1.82, 2.24) is 5.32 Å². The first-order chi connectivity index (χ1) is 9.03. The quantitative estimate of drug-likeness (QED) is 0.906. The Kier molecular flexibility index (Phi) is 3.02. The lowest BCUT2D eigenvalue weighted by molar-refractivity contribution is 0.233. The molecule has 1 aliphatic rings. The fraction of sp³-hybridized carbons (Fsp3) is 0.500. The Labute approximate surface area is 114 Å². The van der Waals surface area contributed by atoms with Gasteiger partial charge in [0, 0.05) is 30.1 Å². The molecule has 2 aromatic rings. The van der Waals surface area contributed by atoms with E-state index in [9.17, 15) is 0 Å². The maximum atomic E-state index is 5.85. The molecule has 2 aromatic heterocycles. The van der Waals surface area contributed by atoms with Gasteiger partial charge in [-0.1, -0.05) is 13.8 Å². The third-order valence-electron chi connectivity index (χ3n) is 3.87. The van der Waals surface area contributed by atoms with Gasteiger partial charge in [-0.25, -0.2) is 0 Å². The van der Waals surface area contributed by atoms with E-state index in [1.807, 2.05) is 13.0 Å². The molecule has 102 valence electrons. The lowest BCUT2D eigenvalue weighted by Gasteiger charge is -2.34. The summed E-state index contributed by atoms with van der Waals surface area (Å²) in [6, 6.07) is 4.55. The van der Waals surface area contributed by atoms with E-state index >= 15 is 0 Å². The van der Waals surface area contributed by atoms with Crippen LogP contribution in [0.5, 0.6) is 0 Å². The van der Waals surface area contributed by atoms with E-state index in [4.69, 9.17) is 8.83 Å². The van der Waals surface area contributed by atoms with Crippen molar-refractivity contribution in [1.29, 1.82) is 0 Å². The number of nitrogens with one attached hydrogen (secondary N) is 1. The van der Waals surface area contributed by atoms with Crippen LogP contribution in [0, 0.1) is 12.3 Å². The molecule has 1 atom stereocenters. The van der Waals surface area contributed by atoms with Crippen LogP contribution >= 0.6 is 0 Å². The molecule has 0 saturated heterocycles. The molecular formula is C16H21NO2. The molecular weight excluding hydrogens is 238 g/mol. The second kappa shape index (κ2) is 4.57. The van der Waals surface area contributed by atoms with Crippen LogP contribution in [-0.2, 0) is 13.0 Å². The minimum Gasteiger partial charge on any atom is -0.472 e. The first-order valence-corrected chi connectivity index (χ1v) is 6.87. The number of hydrogen-bond donors (Lipinski definition) is 1. The normalized spacial score (nSPS) is 21.3. The molecule has 0 saturated carbocycles. The molecule has 0 aromatic carbocycles. The fourth-order valence-corrected chi connectivity index (χ4v) is 3.00. The highest BCUT2D eigenvalue weighted by Gasteiger charge is 2.34. The van der Waals surface area contributed by atoms with Crippen LogP contribution in [0.1, 0.15) is 49.0 Å². The average Bonchev–Trinajstić information content (AvgIpc) is 2.93. The van der Waals surface area contributed by atoms with E-state index < -0.39 is 0 Å². The van der Waals surface area contributed by atoms with Gasteiger partial charge >= 0.3 is 0 Å². The zero-order chi connectivity index (χ0) is 13.5. The van der Waals surface area contributed by atoms with Crippen molar-refractivity contribution < 1.29 is 8.83 Å². The molecule has 1 unspecified atom stereocenters. The first kappa shape index (κ1) is 12.5. The molecule has 0 amide bonds. The van der Waals surface area contributed by atoms with Crippen molar-refractivity contribution in [3.8, 4) is 0 Å². The molecule has 19 heavy (non-hydrogen) atoms. The summed E-state index contributed by atoms with van der Waals surface area (Å²) >= 11 is 0. The largest absolute Gasteiger partial charge is 0.472 e. The Hall–Kier alpha value is -1.48. The highest BCUT2D eigenvalue weighted by Crippen LogP contribution is 2.42. The molecule has 0 radical (unpaired) electrons. The van der Waals surface area contributed by atoms with Crippen LogP contribution in [0.4, 0.5) is 0 Å². The Morgan fingerprint density at radius 2 is 2.26 bits per heavy atom. The number of furan rings is 2. The molecule has 1 N–H and O–H groups in total. The maximum Gasteiger partial charge on any atom is 0.109 e. The second-order valence-corrected chi connectivity index (χ2v) is 6.35. The minimum absolute atomic E-state index is 0.283. The summed E-state index contributed by atoms with van der Waals surface area (Å²) in [7, 11) is 0. The van der Waals surface area contributed by atoms with Crippen molar-refractivity contribution in [2.24, 2.45) is 5.41 Å². The van der Waals surface area contributed by atoms with E-state index in [1.165, 1.54) is 11.1 Å². The van der Waals surface area contributed by atoms with Gasteiger partial charge in [-0.3, -0.25) is 0 Å². The van der Waals surface area contributed by atoms with E-state index in [2.05, 4.69) is 25.2 Å². The maximum absolute atomic E-state index is 5.85.